The highest BCUT2D eigenvalue weighted by atomic mass is 35.5. The Morgan fingerprint density at radius 1 is 1.00 bits per heavy atom. The zero-order valence-electron chi connectivity index (χ0n) is 17.1. The summed E-state index contributed by atoms with van der Waals surface area (Å²) < 4.78 is 5.33. The molecule has 0 fully saturated rings. The van der Waals surface area contributed by atoms with E-state index in [-0.39, 0.29) is 11.7 Å². The molecule has 3 aromatic rings. The van der Waals surface area contributed by atoms with Gasteiger partial charge in [0.1, 0.15) is 5.75 Å². The Kier molecular flexibility index (Phi) is 8.17. The summed E-state index contributed by atoms with van der Waals surface area (Å²) in [5, 5.41) is 10.2. The first-order valence-corrected chi connectivity index (χ1v) is 11.2. The summed E-state index contributed by atoms with van der Waals surface area (Å²) in [4.78, 5) is 13.2. The van der Waals surface area contributed by atoms with Crippen LogP contribution in [0.4, 0.5) is 17.1 Å². The molecule has 0 atom stereocenters. The SMILES string of the molecule is COc1ccccc1NC(=S)Nc1cccc(SCC(=O)Nc2ccc(C)c(Cl)c2)c1. The molecular formula is C23H22ClN3O2S2. The molecule has 0 aliphatic heterocycles. The Morgan fingerprint density at radius 3 is 2.55 bits per heavy atom. The normalized spacial score (nSPS) is 10.3. The largest absolute Gasteiger partial charge is 0.495 e. The monoisotopic (exact) mass is 471 g/mol. The minimum Gasteiger partial charge on any atom is -0.495 e. The number of rotatable bonds is 7. The number of carbonyl (C=O) groups excluding carboxylic acids is 1. The lowest BCUT2D eigenvalue weighted by Crippen LogP contribution is -2.19. The summed E-state index contributed by atoms with van der Waals surface area (Å²) in [5.41, 5.74) is 3.25. The molecule has 0 radical (unpaired) electrons. The van der Waals surface area contributed by atoms with Crippen LogP contribution in [0.15, 0.2) is 71.6 Å². The summed E-state index contributed by atoms with van der Waals surface area (Å²) in [5.74, 6) is 0.882. The van der Waals surface area contributed by atoms with Gasteiger partial charge >= 0.3 is 0 Å². The van der Waals surface area contributed by atoms with Crippen molar-refractivity contribution < 1.29 is 9.53 Å². The second-order valence-corrected chi connectivity index (χ2v) is 8.47. The van der Waals surface area contributed by atoms with Crippen molar-refractivity contribution in [2.75, 3.05) is 28.8 Å². The van der Waals surface area contributed by atoms with Gasteiger partial charge in [-0.05, 0) is 67.2 Å². The number of anilines is 3. The minimum atomic E-state index is -0.100. The number of thioether (sulfide) groups is 1. The molecule has 0 saturated carbocycles. The van der Waals surface area contributed by atoms with Gasteiger partial charge in [0.2, 0.25) is 5.91 Å². The molecule has 0 spiro atoms. The smallest absolute Gasteiger partial charge is 0.234 e. The number of aryl methyl sites for hydroxylation is 1. The highest BCUT2D eigenvalue weighted by Crippen LogP contribution is 2.25. The van der Waals surface area contributed by atoms with E-state index >= 15 is 0 Å². The number of ether oxygens (including phenoxy) is 1. The lowest BCUT2D eigenvalue weighted by molar-refractivity contribution is -0.113. The minimum absolute atomic E-state index is 0.100. The number of benzene rings is 3. The van der Waals surface area contributed by atoms with E-state index in [1.807, 2.05) is 67.6 Å². The number of methoxy groups -OCH3 is 1. The number of hydrogen-bond donors (Lipinski definition) is 3. The van der Waals surface area contributed by atoms with Crippen LogP contribution in [0, 0.1) is 6.92 Å². The highest BCUT2D eigenvalue weighted by molar-refractivity contribution is 8.00. The van der Waals surface area contributed by atoms with Gasteiger partial charge in [0.15, 0.2) is 5.11 Å². The molecule has 0 bridgehead atoms. The summed E-state index contributed by atoms with van der Waals surface area (Å²) in [6, 6.07) is 20.7. The Labute approximate surface area is 196 Å². The van der Waals surface area contributed by atoms with Crippen LogP contribution < -0.4 is 20.7 Å². The third kappa shape index (κ3) is 6.89. The van der Waals surface area contributed by atoms with Crippen molar-refractivity contribution in [2.24, 2.45) is 0 Å². The maximum atomic E-state index is 12.3. The Hall–Kier alpha value is -2.74. The number of hydrogen-bond acceptors (Lipinski definition) is 4. The van der Waals surface area contributed by atoms with Gasteiger partial charge < -0.3 is 20.7 Å². The molecule has 8 heteroatoms. The fraction of sp³-hybridized carbons (Fsp3) is 0.130. The first kappa shape index (κ1) is 22.9. The number of amides is 1. The highest BCUT2D eigenvalue weighted by Gasteiger charge is 2.07. The molecule has 0 unspecified atom stereocenters. The lowest BCUT2D eigenvalue weighted by atomic mass is 10.2. The van der Waals surface area contributed by atoms with Crippen LogP contribution in [-0.4, -0.2) is 23.9 Å². The Balaban J connectivity index is 1.54. The van der Waals surface area contributed by atoms with Crippen molar-refractivity contribution in [3.05, 3.63) is 77.3 Å². The third-order valence-electron chi connectivity index (χ3n) is 4.27. The van der Waals surface area contributed by atoms with Crippen molar-refractivity contribution in [1.29, 1.82) is 0 Å². The molecule has 0 heterocycles. The Morgan fingerprint density at radius 2 is 1.77 bits per heavy atom. The van der Waals surface area contributed by atoms with Gasteiger partial charge in [-0.2, -0.15) is 0 Å². The standard InChI is InChI=1S/C23H22ClN3O2S2/c1-15-10-11-17(13-19(15)24)25-22(28)14-31-18-7-5-6-16(12-18)26-23(30)27-20-8-3-4-9-21(20)29-2/h3-13H,14H2,1-2H3,(H,25,28)(H2,26,27,30). The number of halogens is 1. The van der Waals surface area contributed by atoms with Crippen LogP contribution >= 0.6 is 35.6 Å². The topological polar surface area (TPSA) is 62.4 Å². The second kappa shape index (κ2) is 11.0. The molecule has 0 aliphatic carbocycles. The average Bonchev–Trinajstić information content (AvgIpc) is 2.75. The number of carbonyl (C=O) groups is 1. The van der Waals surface area contributed by atoms with Gasteiger partial charge in [-0.15, -0.1) is 11.8 Å². The number of nitrogens with one attached hydrogen (secondary N) is 3. The van der Waals surface area contributed by atoms with Crippen LogP contribution in [0.2, 0.25) is 5.02 Å². The molecule has 3 aromatic carbocycles. The predicted molar refractivity (Wildman–Crippen MR) is 135 cm³/mol. The Bertz CT molecular complexity index is 1090. The first-order valence-electron chi connectivity index (χ1n) is 9.44. The molecule has 160 valence electrons. The van der Waals surface area contributed by atoms with Crippen LogP contribution in [0.1, 0.15) is 5.56 Å². The first-order chi connectivity index (χ1) is 14.9. The molecule has 3 N–H and O–H groups in total. The van der Waals surface area contributed by atoms with Crippen LogP contribution in [0.3, 0.4) is 0 Å². The quantitative estimate of drug-likeness (QED) is 0.282. The van der Waals surface area contributed by atoms with Gasteiger partial charge in [0.05, 0.1) is 18.6 Å². The van der Waals surface area contributed by atoms with E-state index in [1.165, 1.54) is 11.8 Å². The van der Waals surface area contributed by atoms with E-state index in [0.717, 1.165) is 21.8 Å². The number of thiocarbonyl (C=S) groups is 1. The summed E-state index contributed by atoms with van der Waals surface area (Å²) in [6.45, 7) is 1.92. The molecule has 0 saturated heterocycles. The summed E-state index contributed by atoms with van der Waals surface area (Å²) in [7, 11) is 1.61. The van der Waals surface area contributed by atoms with Crippen molar-refractivity contribution in [3.63, 3.8) is 0 Å². The average molecular weight is 472 g/mol. The van der Waals surface area contributed by atoms with E-state index in [4.69, 9.17) is 28.6 Å². The lowest BCUT2D eigenvalue weighted by Gasteiger charge is -2.14. The molecule has 0 aliphatic rings. The van der Waals surface area contributed by atoms with Crippen molar-refractivity contribution >= 4 is 63.7 Å². The van der Waals surface area contributed by atoms with Crippen LogP contribution in [0.25, 0.3) is 0 Å². The summed E-state index contributed by atoms with van der Waals surface area (Å²) >= 11 is 13.0. The van der Waals surface area contributed by atoms with E-state index in [0.29, 0.717) is 21.6 Å². The van der Waals surface area contributed by atoms with Gasteiger partial charge in [0.25, 0.3) is 0 Å². The van der Waals surface area contributed by atoms with Crippen LogP contribution in [0.5, 0.6) is 5.75 Å². The summed E-state index contributed by atoms with van der Waals surface area (Å²) in [6.07, 6.45) is 0. The molecule has 3 rings (SSSR count). The van der Waals surface area contributed by atoms with Crippen molar-refractivity contribution in [1.82, 2.24) is 0 Å². The zero-order valence-corrected chi connectivity index (χ0v) is 19.5. The van der Waals surface area contributed by atoms with E-state index < -0.39 is 0 Å². The zero-order chi connectivity index (χ0) is 22.2. The van der Waals surface area contributed by atoms with Gasteiger partial charge in [-0.25, -0.2) is 0 Å². The van der Waals surface area contributed by atoms with E-state index in [1.54, 1.807) is 13.2 Å². The van der Waals surface area contributed by atoms with Crippen LogP contribution in [-0.2, 0) is 4.79 Å². The molecule has 31 heavy (non-hydrogen) atoms. The molecular weight excluding hydrogens is 450 g/mol. The molecule has 1 amide bonds. The molecule has 5 nitrogen and oxygen atoms in total. The van der Waals surface area contributed by atoms with Crippen molar-refractivity contribution in [3.8, 4) is 5.75 Å². The maximum absolute atomic E-state index is 12.3. The van der Waals surface area contributed by atoms with Crippen molar-refractivity contribution in [2.45, 2.75) is 11.8 Å². The van der Waals surface area contributed by atoms with Gasteiger partial charge in [-0.1, -0.05) is 35.9 Å². The fourth-order valence-electron chi connectivity index (χ4n) is 2.71. The third-order valence-corrected chi connectivity index (χ3v) is 5.88. The maximum Gasteiger partial charge on any atom is 0.234 e. The molecule has 0 aromatic heterocycles. The van der Waals surface area contributed by atoms with Gasteiger partial charge in [0, 0.05) is 21.3 Å². The van der Waals surface area contributed by atoms with Gasteiger partial charge in [-0.3, -0.25) is 4.79 Å². The fourth-order valence-corrected chi connectivity index (χ4v) is 3.88. The van der Waals surface area contributed by atoms with E-state index in [2.05, 4.69) is 16.0 Å². The second-order valence-electron chi connectivity index (χ2n) is 6.61. The number of para-hydroxylation sites is 2. The van der Waals surface area contributed by atoms with E-state index in [9.17, 15) is 4.79 Å². The predicted octanol–water partition coefficient (Wildman–Crippen LogP) is 6.20.